The molecule has 0 bridgehead atoms. The van der Waals surface area contributed by atoms with Crippen LogP contribution in [0.15, 0.2) is 36.5 Å². The molecule has 1 unspecified atom stereocenters. The maximum atomic E-state index is 13.0. The van der Waals surface area contributed by atoms with Crippen molar-refractivity contribution in [3.05, 3.63) is 42.1 Å². The topological polar surface area (TPSA) is 113 Å². The number of carbonyl (C=O) groups excluding carboxylic acids is 2. The molecule has 38 heavy (non-hydrogen) atoms. The fourth-order valence-electron chi connectivity index (χ4n) is 3.88. The molecule has 2 aromatic rings. The highest BCUT2D eigenvalue weighted by Gasteiger charge is 2.25. The molecule has 0 saturated heterocycles. The maximum absolute atomic E-state index is 13.0. The quantitative estimate of drug-likeness (QED) is 0.214. The van der Waals surface area contributed by atoms with E-state index < -0.39 is 25.5 Å². The molecule has 1 fully saturated rings. The number of benzene rings is 1. The normalized spacial score (nSPS) is 15.7. The molecule has 1 atom stereocenters. The summed E-state index contributed by atoms with van der Waals surface area (Å²) in [5.41, 5.74) is -0.313. The molecule has 0 spiro atoms. The molecular formula is C28H39N2O7P. The van der Waals surface area contributed by atoms with Gasteiger partial charge in [0.15, 0.2) is 6.79 Å². The lowest BCUT2D eigenvalue weighted by Crippen LogP contribution is -2.24. The van der Waals surface area contributed by atoms with E-state index in [-0.39, 0.29) is 17.8 Å². The second-order valence-electron chi connectivity index (χ2n) is 11.0. The van der Waals surface area contributed by atoms with Crippen LogP contribution in [0.25, 0.3) is 0 Å². The Balaban J connectivity index is 1.65. The van der Waals surface area contributed by atoms with Crippen LogP contribution in [0.1, 0.15) is 70.7 Å². The van der Waals surface area contributed by atoms with Crippen LogP contribution in [-0.4, -0.2) is 43.0 Å². The van der Waals surface area contributed by atoms with Gasteiger partial charge in [0.05, 0.1) is 23.4 Å². The fourth-order valence-corrected chi connectivity index (χ4v) is 4.89. The van der Waals surface area contributed by atoms with Crippen LogP contribution in [0.2, 0.25) is 0 Å². The standard InChI is InChI=1S/C28H39N2O7P/c1-19(2)37-23-14-21(13-22(15-23)34-17-20-9-7-8-10-20)26(31)30-25-12-11-24(16-29-25)38(6,33)36-18-35-27(32)28(3,4)5/h11-16,19-20H,7-10,17-18H2,1-6H3,(H,29,30,31). The number of ether oxygens (including phenoxy) is 3. The number of nitrogens with one attached hydrogen (secondary N) is 1. The van der Waals surface area contributed by atoms with Crippen molar-refractivity contribution in [3.8, 4) is 11.5 Å². The van der Waals surface area contributed by atoms with E-state index in [9.17, 15) is 14.2 Å². The highest BCUT2D eigenvalue weighted by Crippen LogP contribution is 2.41. The summed E-state index contributed by atoms with van der Waals surface area (Å²) in [4.78, 5) is 29.1. The molecule has 1 amide bonds. The molecule has 0 radical (unpaired) electrons. The minimum Gasteiger partial charge on any atom is -0.493 e. The van der Waals surface area contributed by atoms with Crippen molar-refractivity contribution in [3.63, 3.8) is 0 Å². The van der Waals surface area contributed by atoms with E-state index in [1.54, 1.807) is 51.1 Å². The van der Waals surface area contributed by atoms with Crippen LogP contribution in [-0.2, 0) is 18.6 Å². The van der Waals surface area contributed by atoms with Gasteiger partial charge >= 0.3 is 5.97 Å². The Labute approximate surface area is 225 Å². The van der Waals surface area contributed by atoms with E-state index >= 15 is 0 Å². The molecule has 208 valence electrons. The SMILES string of the molecule is CC(C)Oc1cc(OCC2CCCC2)cc(C(=O)Nc2ccc(P(C)(=O)OCOC(=O)C(C)(C)C)cn2)c1. The number of carbonyl (C=O) groups is 2. The van der Waals surface area contributed by atoms with Crippen LogP contribution < -0.4 is 20.1 Å². The molecular weight excluding hydrogens is 507 g/mol. The van der Waals surface area contributed by atoms with Gasteiger partial charge in [0.25, 0.3) is 5.91 Å². The van der Waals surface area contributed by atoms with Crippen LogP contribution in [0, 0.1) is 11.3 Å². The molecule has 1 heterocycles. The largest absolute Gasteiger partial charge is 0.493 e. The number of rotatable bonds is 11. The zero-order chi connectivity index (χ0) is 27.9. The number of anilines is 1. The average molecular weight is 547 g/mol. The van der Waals surface area contributed by atoms with Crippen molar-refractivity contribution in [2.24, 2.45) is 11.3 Å². The average Bonchev–Trinajstić information content (AvgIpc) is 3.35. The molecule has 1 saturated carbocycles. The van der Waals surface area contributed by atoms with Crippen molar-refractivity contribution in [1.82, 2.24) is 4.98 Å². The number of nitrogens with zero attached hydrogens (tertiary/aromatic N) is 1. The van der Waals surface area contributed by atoms with Crippen LogP contribution >= 0.6 is 7.37 Å². The van der Waals surface area contributed by atoms with Gasteiger partial charge < -0.3 is 19.5 Å². The van der Waals surface area contributed by atoms with Gasteiger partial charge in [-0.25, -0.2) is 4.98 Å². The third-order valence-corrected chi connectivity index (χ3v) is 7.84. The third kappa shape index (κ3) is 8.84. The maximum Gasteiger partial charge on any atom is 0.313 e. The summed E-state index contributed by atoms with van der Waals surface area (Å²) in [7, 11) is -3.29. The van der Waals surface area contributed by atoms with E-state index in [2.05, 4.69) is 10.3 Å². The van der Waals surface area contributed by atoms with Crippen molar-refractivity contribution >= 4 is 30.4 Å². The molecule has 10 heteroatoms. The highest BCUT2D eigenvalue weighted by molar-refractivity contribution is 7.66. The summed E-state index contributed by atoms with van der Waals surface area (Å²) in [6.45, 7) is 10.6. The number of hydrogen-bond acceptors (Lipinski definition) is 8. The van der Waals surface area contributed by atoms with Gasteiger partial charge in [-0.05, 0) is 77.6 Å². The minimum atomic E-state index is -3.29. The zero-order valence-electron chi connectivity index (χ0n) is 23.1. The molecule has 1 aliphatic carbocycles. The zero-order valence-corrected chi connectivity index (χ0v) is 24.0. The lowest BCUT2D eigenvalue weighted by Gasteiger charge is -2.18. The molecule has 1 aromatic heterocycles. The third-order valence-electron chi connectivity index (χ3n) is 6.03. The van der Waals surface area contributed by atoms with Gasteiger partial charge in [-0.1, -0.05) is 12.8 Å². The van der Waals surface area contributed by atoms with Crippen LogP contribution in [0.3, 0.4) is 0 Å². The Kier molecular flexibility index (Phi) is 9.96. The molecule has 0 aliphatic heterocycles. The second kappa shape index (κ2) is 12.8. The number of amides is 1. The van der Waals surface area contributed by atoms with Crippen molar-refractivity contribution < 1.29 is 32.9 Å². The first-order valence-electron chi connectivity index (χ1n) is 13.0. The van der Waals surface area contributed by atoms with Crippen molar-refractivity contribution in [2.75, 3.05) is 25.4 Å². The molecule has 1 aromatic carbocycles. The lowest BCUT2D eigenvalue weighted by molar-refractivity contribution is -0.159. The Morgan fingerprint density at radius 1 is 1.11 bits per heavy atom. The van der Waals surface area contributed by atoms with Gasteiger partial charge in [0.2, 0.25) is 7.37 Å². The number of hydrogen-bond donors (Lipinski definition) is 1. The van der Waals surface area contributed by atoms with E-state index in [0.717, 1.165) is 12.8 Å². The van der Waals surface area contributed by atoms with E-state index in [1.165, 1.54) is 25.7 Å². The summed E-state index contributed by atoms with van der Waals surface area (Å²) < 4.78 is 35.2. The first-order chi connectivity index (χ1) is 17.8. The van der Waals surface area contributed by atoms with Gasteiger partial charge in [-0.15, -0.1) is 0 Å². The van der Waals surface area contributed by atoms with Gasteiger partial charge in [-0.2, -0.15) is 0 Å². The summed E-state index contributed by atoms with van der Waals surface area (Å²) in [6.07, 6.45) is 6.09. The van der Waals surface area contributed by atoms with E-state index in [4.69, 9.17) is 18.7 Å². The Morgan fingerprint density at radius 3 is 2.39 bits per heavy atom. The molecule has 1 N–H and O–H groups in total. The van der Waals surface area contributed by atoms with Crippen LogP contribution in [0.4, 0.5) is 5.82 Å². The predicted molar refractivity (Wildman–Crippen MR) is 147 cm³/mol. The summed E-state index contributed by atoms with van der Waals surface area (Å²) >= 11 is 0. The van der Waals surface area contributed by atoms with Gasteiger partial charge in [0.1, 0.15) is 17.3 Å². The lowest BCUT2D eigenvalue weighted by atomic mass is 9.98. The minimum absolute atomic E-state index is 0.0610. The Bertz CT molecular complexity index is 1150. The number of pyridine rings is 1. The monoisotopic (exact) mass is 546 g/mol. The second-order valence-corrected chi connectivity index (χ2v) is 13.4. The predicted octanol–water partition coefficient (Wildman–Crippen LogP) is 5.79. The first kappa shape index (κ1) is 29.7. The fraction of sp³-hybridized carbons (Fsp3) is 0.536. The Morgan fingerprint density at radius 2 is 1.79 bits per heavy atom. The van der Waals surface area contributed by atoms with Gasteiger partial charge in [0, 0.05) is 24.5 Å². The van der Waals surface area contributed by atoms with Crippen molar-refractivity contribution in [2.45, 2.75) is 66.4 Å². The first-order valence-corrected chi connectivity index (χ1v) is 15.0. The molecule has 1 aliphatic rings. The summed E-state index contributed by atoms with van der Waals surface area (Å²) in [5, 5.41) is 3.09. The van der Waals surface area contributed by atoms with Crippen molar-refractivity contribution in [1.29, 1.82) is 0 Å². The highest BCUT2D eigenvalue weighted by atomic mass is 31.2. The molecule has 9 nitrogen and oxygen atoms in total. The molecule has 3 rings (SSSR count). The van der Waals surface area contributed by atoms with E-state index in [1.807, 2.05) is 13.8 Å². The summed E-state index contributed by atoms with van der Waals surface area (Å²) in [5.74, 6) is 1.11. The van der Waals surface area contributed by atoms with Crippen LogP contribution in [0.5, 0.6) is 11.5 Å². The van der Waals surface area contributed by atoms with E-state index in [0.29, 0.717) is 34.9 Å². The number of esters is 1. The van der Waals surface area contributed by atoms with Gasteiger partial charge in [-0.3, -0.25) is 18.7 Å². The number of aromatic nitrogens is 1. The summed E-state index contributed by atoms with van der Waals surface area (Å²) in [6, 6.07) is 8.26. The Hall–Kier alpha value is -2.90. The smallest absolute Gasteiger partial charge is 0.313 e.